The molecule has 0 unspecified atom stereocenters. The van der Waals surface area contributed by atoms with Gasteiger partial charge in [0.15, 0.2) is 11.5 Å². The maximum Gasteiger partial charge on any atom is 0.181 e. The van der Waals surface area contributed by atoms with E-state index in [0.29, 0.717) is 52.9 Å². The topological polar surface area (TPSA) is 46.2 Å². The highest BCUT2D eigenvalue weighted by atomic mass is 32.1. The molecule has 0 fully saturated rings. The highest BCUT2D eigenvalue weighted by molar-refractivity contribution is 7.26. The molecule has 4 rings (SSSR count). The van der Waals surface area contributed by atoms with Gasteiger partial charge in [-0.15, -0.1) is 34.0 Å². The maximum atomic E-state index is 6.19. The zero-order chi connectivity index (χ0) is 19.0. The second kappa shape index (κ2) is 10.4. The van der Waals surface area contributed by atoms with Crippen LogP contribution in [0.4, 0.5) is 0 Å². The van der Waals surface area contributed by atoms with E-state index in [1.54, 1.807) is 34.0 Å². The molecule has 0 N–H and O–H groups in total. The molecule has 1 aliphatic heterocycles. The molecule has 0 amide bonds. The summed E-state index contributed by atoms with van der Waals surface area (Å²) in [5.41, 5.74) is 0. The highest BCUT2D eigenvalue weighted by Gasteiger charge is 2.24. The van der Waals surface area contributed by atoms with Gasteiger partial charge in [-0.1, -0.05) is 12.1 Å². The van der Waals surface area contributed by atoms with Crippen LogP contribution in [0, 0.1) is 0 Å². The zero-order valence-corrected chi connectivity index (χ0v) is 17.8. The number of rotatable bonds is 2. The Balaban J connectivity index is 1.66. The number of hydrogen-bond donors (Lipinski definition) is 0. The molecular weight excluding hydrogens is 416 g/mol. The van der Waals surface area contributed by atoms with Crippen molar-refractivity contribution in [1.82, 2.24) is 0 Å². The summed E-state index contributed by atoms with van der Waals surface area (Å²) in [4.78, 5) is 4.55. The molecule has 0 saturated heterocycles. The van der Waals surface area contributed by atoms with E-state index in [-0.39, 0.29) is 0 Å². The van der Waals surface area contributed by atoms with Gasteiger partial charge in [0.2, 0.25) is 0 Å². The molecule has 0 aromatic carbocycles. The molecule has 5 nitrogen and oxygen atoms in total. The maximum absolute atomic E-state index is 6.19. The van der Waals surface area contributed by atoms with Crippen molar-refractivity contribution in [3.05, 3.63) is 35.0 Å². The first kappa shape index (κ1) is 19.9. The summed E-state index contributed by atoms with van der Waals surface area (Å²) in [5.74, 6) is 1.59. The van der Waals surface area contributed by atoms with Crippen LogP contribution in [0.25, 0.3) is 19.5 Å². The average molecular weight is 439 g/mol. The van der Waals surface area contributed by atoms with Gasteiger partial charge in [0.25, 0.3) is 0 Å². The van der Waals surface area contributed by atoms with Gasteiger partial charge in [0.05, 0.1) is 49.4 Å². The third kappa shape index (κ3) is 4.94. The SMILES string of the molecule is c1csc(-c2sc(-c3cccs3)c3c2OCCOCCOCCOCCO3)c1. The minimum Gasteiger partial charge on any atom is -0.486 e. The summed E-state index contributed by atoms with van der Waals surface area (Å²) in [7, 11) is 0. The minimum atomic E-state index is 0.464. The Kier molecular flexibility index (Phi) is 7.37. The van der Waals surface area contributed by atoms with Gasteiger partial charge in [0.1, 0.15) is 13.2 Å². The summed E-state index contributed by atoms with van der Waals surface area (Å²) in [6, 6.07) is 8.35. The third-order valence-corrected chi connectivity index (χ3v) is 7.26. The Bertz CT molecular complexity index is 760. The van der Waals surface area contributed by atoms with Crippen molar-refractivity contribution in [2.45, 2.75) is 0 Å². The molecule has 1 aliphatic rings. The number of hydrogen-bond acceptors (Lipinski definition) is 8. The number of fused-ring (bicyclic) bond motifs is 1. The summed E-state index contributed by atoms with van der Waals surface area (Å²) in [6.45, 7) is 4.17. The molecule has 0 aliphatic carbocycles. The second-order valence-corrected chi connectivity index (χ2v) is 8.82. The molecule has 0 radical (unpaired) electrons. The molecule has 0 atom stereocenters. The van der Waals surface area contributed by atoms with Gasteiger partial charge in [-0.05, 0) is 22.9 Å². The van der Waals surface area contributed by atoms with Gasteiger partial charge in [0, 0.05) is 9.75 Å². The van der Waals surface area contributed by atoms with E-state index in [1.807, 2.05) is 0 Å². The predicted octanol–water partition coefficient (Wildman–Crippen LogP) is 5.03. The largest absolute Gasteiger partial charge is 0.486 e. The lowest BCUT2D eigenvalue weighted by Gasteiger charge is -2.12. The van der Waals surface area contributed by atoms with Gasteiger partial charge in [-0.3, -0.25) is 0 Å². The van der Waals surface area contributed by atoms with Crippen LogP contribution in [0.1, 0.15) is 0 Å². The first-order valence-electron chi connectivity index (χ1n) is 9.17. The quantitative estimate of drug-likeness (QED) is 0.562. The molecule has 0 bridgehead atoms. The molecule has 3 aromatic rings. The fraction of sp³-hybridized carbons (Fsp3) is 0.400. The monoisotopic (exact) mass is 438 g/mol. The highest BCUT2D eigenvalue weighted by Crippen LogP contribution is 2.54. The van der Waals surface area contributed by atoms with E-state index in [2.05, 4.69) is 35.0 Å². The standard InChI is InChI=1S/C20H22O5S3/c1-3-15(26-13-1)19-17-18(20(28-19)16-4-2-14-27-16)25-12-10-23-8-6-21-5-7-22-9-11-24-17/h1-4,13-14H,5-12H2. The zero-order valence-electron chi connectivity index (χ0n) is 15.4. The van der Waals surface area contributed by atoms with Crippen LogP contribution in [-0.2, 0) is 14.2 Å². The lowest BCUT2D eigenvalue weighted by Crippen LogP contribution is -2.13. The van der Waals surface area contributed by atoms with Crippen molar-refractivity contribution in [3.63, 3.8) is 0 Å². The molecule has 4 heterocycles. The van der Waals surface area contributed by atoms with Crippen LogP contribution in [-0.4, -0.2) is 52.9 Å². The van der Waals surface area contributed by atoms with Crippen molar-refractivity contribution >= 4 is 34.0 Å². The van der Waals surface area contributed by atoms with E-state index in [0.717, 1.165) is 21.3 Å². The van der Waals surface area contributed by atoms with Crippen LogP contribution in [0.15, 0.2) is 35.0 Å². The van der Waals surface area contributed by atoms with Gasteiger partial charge in [-0.25, -0.2) is 0 Å². The summed E-state index contributed by atoms with van der Waals surface area (Å²) < 4.78 is 29.1. The summed E-state index contributed by atoms with van der Waals surface area (Å²) in [5, 5.41) is 4.16. The Morgan fingerprint density at radius 2 is 1.00 bits per heavy atom. The molecule has 0 spiro atoms. The molecular formula is C20H22O5S3. The molecule has 28 heavy (non-hydrogen) atoms. The average Bonchev–Trinajstić information content (AvgIpc) is 3.45. The van der Waals surface area contributed by atoms with Crippen LogP contribution in [0.2, 0.25) is 0 Å². The van der Waals surface area contributed by atoms with Crippen molar-refractivity contribution in [1.29, 1.82) is 0 Å². The van der Waals surface area contributed by atoms with E-state index < -0.39 is 0 Å². The van der Waals surface area contributed by atoms with Crippen molar-refractivity contribution in [2.24, 2.45) is 0 Å². The third-order valence-electron chi connectivity index (χ3n) is 4.00. The predicted molar refractivity (Wildman–Crippen MR) is 114 cm³/mol. The van der Waals surface area contributed by atoms with E-state index in [1.165, 1.54) is 9.75 Å². The van der Waals surface area contributed by atoms with Crippen molar-refractivity contribution in [3.8, 4) is 31.0 Å². The first-order valence-corrected chi connectivity index (χ1v) is 11.7. The Hall–Kier alpha value is -1.42. The molecule has 0 saturated carbocycles. The lowest BCUT2D eigenvalue weighted by atomic mass is 10.3. The summed E-state index contributed by atoms with van der Waals surface area (Å²) >= 11 is 5.12. The van der Waals surface area contributed by atoms with Crippen LogP contribution in [0.5, 0.6) is 11.5 Å². The van der Waals surface area contributed by atoms with Gasteiger partial charge >= 0.3 is 0 Å². The van der Waals surface area contributed by atoms with Crippen LogP contribution in [0.3, 0.4) is 0 Å². The Morgan fingerprint density at radius 3 is 1.39 bits per heavy atom. The second-order valence-electron chi connectivity index (χ2n) is 5.91. The lowest BCUT2D eigenvalue weighted by molar-refractivity contribution is 0.00710. The van der Waals surface area contributed by atoms with Crippen molar-refractivity contribution in [2.75, 3.05) is 52.9 Å². The number of ether oxygens (including phenoxy) is 5. The van der Waals surface area contributed by atoms with Crippen LogP contribution >= 0.6 is 34.0 Å². The van der Waals surface area contributed by atoms with Crippen molar-refractivity contribution < 1.29 is 23.7 Å². The summed E-state index contributed by atoms with van der Waals surface area (Å²) in [6.07, 6.45) is 0. The van der Waals surface area contributed by atoms with Crippen LogP contribution < -0.4 is 9.47 Å². The fourth-order valence-electron chi connectivity index (χ4n) is 2.75. The fourth-order valence-corrected chi connectivity index (χ4v) is 5.64. The molecule has 8 heteroatoms. The van der Waals surface area contributed by atoms with Gasteiger partial charge in [-0.2, -0.15) is 0 Å². The van der Waals surface area contributed by atoms with Gasteiger partial charge < -0.3 is 23.7 Å². The number of thiophene rings is 3. The Morgan fingerprint density at radius 1 is 0.571 bits per heavy atom. The normalized spacial score (nSPS) is 17.0. The minimum absolute atomic E-state index is 0.464. The first-order chi connectivity index (χ1) is 13.9. The van der Waals surface area contributed by atoms with E-state index >= 15 is 0 Å². The molecule has 3 aromatic heterocycles. The molecule has 150 valence electrons. The smallest absolute Gasteiger partial charge is 0.181 e. The van der Waals surface area contributed by atoms with E-state index in [4.69, 9.17) is 23.7 Å². The van der Waals surface area contributed by atoms with E-state index in [9.17, 15) is 0 Å². The Labute approximate surface area is 176 Å².